The third kappa shape index (κ3) is 3.49. The number of hydrogen-bond acceptors (Lipinski definition) is 4. The molecule has 2 heterocycles. The lowest BCUT2D eigenvalue weighted by molar-refractivity contribution is 0.162. The highest BCUT2D eigenvalue weighted by atomic mass is 16.5. The SMILES string of the molecule is c1ccc(Nc2cc3cc(OC4CCNCC4)ccc3cn2)cc1. The Morgan fingerprint density at radius 1 is 0.958 bits per heavy atom. The molecule has 1 aliphatic rings. The van der Waals surface area contributed by atoms with Gasteiger partial charge in [-0.1, -0.05) is 18.2 Å². The molecule has 1 saturated heterocycles. The summed E-state index contributed by atoms with van der Waals surface area (Å²) in [6, 6.07) is 18.4. The van der Waals surface area contributed by atoms with Crippen LogP contribution in [-0.4, -0.2) is 24.2 Å². The second-order valence-corrected chi connectivity index (χ2v) is 6.14. The summed E-state index contributed by atoms with van der Waals surface area (Å²) in [6.07, 6.45) is 4.34. The zero-order valence-corrected chi connectivity index (χ0v) is 13.5. The number of nitrogens with zero attached hydrogens (tertiary/aromatic N) is 1. The average Bonchev–Trinajstić information content (AvgIpc) is 2.63. The predicted molar refractivity (Wildman–Crippen MR) is 98.0 cm³/mol. The Morgan fingerprint density at radius 3 is 2.62 bits per heavy atom. The zero-order chi connectivity index (χ0) is 16.2. The van der Waals surface area contributed by atoms with E-state index in [2.05, 4.69) is 33.8 Å². The van der Waals surface area contributed by atoms with E-state index >= 15 is 0 Å². The van der Waals surface area contributed by atoms with Gasteiger partial charge in [0.1, 0.15) is 17.7 Å². The molecule has 0 amide bonds. The van der Waals surface area contributed by atoms with Crippen molar-refractivity contribution in [2.24, 2.45) is 0 Å². The fourth-order valence-corrected chi connectivity index (χ4v) is 3.04. The summed E-state index contributed by atoms with van der Waals surface area (Å²) in [5.41, 5.74) is 1.03. The summed E-state index contributed by atoms with van der Waals surface area (Å²) < 4.78 is 6.14. The minimum Gasteiger partial charge on any atom is -0.490 e. The van der Waals surface area contributed by atoms with Gasteiger partial charge in [-0.05, 0) is 67.7 Å². The molecule has 2 aromatic carbocycles. The molecule has 4 heteroatoms. The standard InChI is InChI=1S/C20H21N3O/c1-2-4-17(5-3-1)23-20-13-16-12-19(7-6-15(16)14-22-20)24-18-8-10-21-11-9-18/h1-7,12-14,18,21H,8-11H2,(H,22,23). The largest absolute Gasteiger partial charge is 0.490 e. The van der Waals surface area contributed by atoms with Gasteiger partial charge in [0.15, 0.2) is 0 Å². The Bertz CT molecular complexity index is 813. The van der Waals surface area contributed by atoms with Crippen molar-refractivity contribution in [1.82, 2.24) is 10.3 Å². The number of nitrogens with one attached hydrogen (secondary N) is 2. The predicted octanol–water partition coefficient (Wildman–Crippen LogP) is 4.11. The Kier molecular flexibility index (Phi) is 4.30. The van der Waals surface area contributed by atoms with Crippen molar-refractivity contribution in [3.05, 3.63) is 60.8 Å². The molecular weight excluding hydrogens is 298 g/mol. The third-order valence-electron chi connectivity index (χ3n) is 4.33. The molecule has 0 bridgehead atoms. The molecule has 0 unspecified atom stereocenters. The average molecular weight is 319 g/mol. The van der Waals surface area contributed by atoms with E-state index in [-0.39, 0.29) is 0 Å². The van der Waals surface area contributed by atoms with Gasteiger partial charge in [0.25, 0.3) is 0 Å². The maximum atomic E-state index is 6.14. The maximum Gasteiger partial charge on any atom is 0.130 e. The number of fused-ring (bicyclic) bond motifs is 1. The summed E-state index contributed by atoms with van der Waals surface area (Å²) in [7, 11) is 0. The molecule has 0 atom stereocenters. The number of rotatable bonds is 4. The molecule has 1 aromatic heterocycles. The third-order valence-corrected chi connectivity index (χ3v) is 4.33. The van der Waals surface area contributed by atoms with Gasteiger partial charge in [0.05, 0.1) is 0 Å². The van der Waals surface area contributed by atoms with Gasteiger partial charge in [-0.2, -0.15) is 0 Å². The fraction of sp³-hybridized carbons (Fsp3) is 0.250. The zero-order valence-electron chi connectivity index (χ0n) is 13.5. The van der Waals surface area contributed by atoms with E-state index in [1.165, 1.54) is 0 Å². The van der Waals surface area contributed by atoms with Gasteiger partial charge in [-0.3, -0.25) is 0 Å². The first-order chi connectivity index (χ1) is 11.9. The van der Waals surface area contributed by atoms with E-state index in [1.54, 1.807) is 0 Å². The number of aromatic nitrogens is 1. The van der Waals surface area contributed by atoms with E-state index in [9.17, 15) is 0 Å². The molecule has 0 radical (unpaired) electrons. The van der Waals surface area contributed by atoms with Crippen molar-refractivity contribution in [1.29, 1.82) is 0 Å². The number of pyridine rings is 1. The second kappa shape index (κ2) is 6.89. The van der Waals surface area contributed by atoms with Crippen LogP contribution in [0.25, 0.3) is 10.8 Å². The van der Waals surface area contributed by atoms with Crippen molar-refractivity contribution in [2.45, 2.75) is 18.9 Å². The molecule has 2 N–H and O–H groups in total. The van der Waals surface area contributed by atoms with E-state index in [0.717, 1.165) is 54.0 Å². The maximum absolute atomic E-state index is 6.14. The molecule has 0 saturated carbocycles. The van der Waals surface area contributed by atoms with Gasteiger partial charge in [0, 0.05) is 17.3 Å². The van der Waals surface area contributed by atoms with E-state index in [4.69, 9.17) is 4.74 Å². The summed E-state index contributed by atoms with van der Waals surface area (Å²) >= 11 is 0. The normalized spacial score (nSPS) is 15.3. The highest BCUT2D eigenvalue weighted by Gasteiger charge is 2.14. The monoisotopic (exact) mass is 319 g/mol. The molecule has 24 heavy (non-hydrogen) atoms. The van der Waals surface area contributed by atoms with Gasteiger partial charge in [-0.25, -0.2) is 4.98 Å². The lowest BCUT2D eigenvalue weighted by atomic mass is 10.1. The molecule has 3 aromatic rings. The van der Waals surface area contributed by atoms with Gasteiger partial charge < -0.3 is 15.4 Å². The van der Waals surface area contributed by atoms with E-state index in [1.807, 2.05) is 42.6 Å². The number of anilines is 2. The Labute approximate surface area is 141 Å². The summed E-state index contributed by atoms with van der Waals surface area (Å²) in [6.45, 7) is 2.07. The smallest absolute Gasteiger partial charge is 0.130 e. The number of piperidine rings is 1. The highest BCUT2D eigenvalue weighted by molar-refractivity contribution is 5.85. The fourth-order valence-electron chi connectivity index (χ4n) is 3.04. The minimum absolute atomic E-state index is 0.312. The summed E-state index contributed by atoms with van der Waals surface area (Å²) in [4.78, 5) is 4.49. The molecule has 0 aliphatic carbocycles. The highest BCUT2D eigenvalue weighted by Crippen LogP contribution is 2.25. The van der Waals surface area contributed by atoms with Crippen LogP contribution in [0.5, 0.6) is 5.75 Å². The molecule has 4 rings (SSSR count). The number of benzene rings is 2. The number of hydrogen-bond donors (Lipinski definition) is 2. The van der Waals surface area contributed by atoms with Crippen LogP contribution in [0, 0.1) is 0 Å². The van der Waals surface area contributed by atoms with Crippen molar-refractivity contribution in [3.8, 4) is 5.75 Å². The van der Waals surface area contributed by atoms with Crippen LogP contribution in [0.3, 0.4) is 0 Å². The van der Waals surface area contributed by atoms with Crippen LogP contribution in [0.15, 0.2) is 60.8 Å². The molecule has 1 fully saturated rings. The van der Waals surface area contributed by atoms with Crippen LogP contribution in [0.2, 0.25) is 0 Å². The lowest BCUT2D eigenvalue weighted by Crippen LogP contribution is -2.34. The lowest BCUT2D eigenvalue weighted by Gasteiger charge is -2.24. The second-order valence-electron chi connectivity index (χ2n) is 6.14. The van der Waals surface area contributed by atoms with Crippen LogP contribution in [0.4, 0.5) is 11.5 Å². The van der Waals surface area contributed by atoms with E-state index < -0.39 is 0 Å². The van der Waals surface area contributed by atoms with Gasteiger partial charge in [-0.15, -0.1) is 0 Å². The van der Waals surface area contributed by atoms with Crippen molar-refractivity contribution in [3.63, 3.8) is 0 Å². The first-order valence-corrected chi connectivity index (χ1v) is 8.46. The van der Waals surface area contributed by atoms with Crippen LogP contribution >= 0.6 is 0 Å². The van der Waals surface area contributed by atoms with Crippen LogP contribution in [-0.2, 0) is 0 Å². The van der Waals surface area contributed by atoms with Crippen molar-refractivity contribution < 1.29 is 4.74 Å². The van der Waals surface area contributed by atoms with E-state index in [0.29, 0.717) is 6.10 Å². The number of para-hydroxylation sites is 1. The van der Waals surface area contributed by atoms with Crippen LogP contribution in [0.1, 0.15) is 12.8 Å². The molecular formula is C20H21N3O. The Balaban J connectivity index is 1.55. The van der Waals surface area contributed by atoms with Gasteiger partial charge in [0.2, 0.25) is 0 Å². The molecule has 122 valence electrons. The topological polar surface area (TPSA) is 46.2 Å². The Hall–Kier alpha value is -2.59. The van der Waals surface area contributed by atoms with Gasteiger partial charge >= 0.3 is 0 Å². The molecule has 1 aliphatic heterocycles. The molecule has 4 nitrogen and oxygen atoms in total. The Morgan fingerprint density at radius 2 is 1.79 bits per heavy atom. The molecule has 0 spiro atoms. The van der Waals surface area contributed by atoms with Crippen molar-refractivity contribution in [2.75, 3.05) is 18.4 Å². The van der Waals surface area contributed by atoms with Crippen LogP contribution < -0.4 is 15.4 Å². The first kappa shape index (κ1) is 15.0. The quantitative estimate of drug-likeness (QED) is 0.760. The summed E-state index contributed by atoms with van der Waals surface area (Å²) in [5.74, 6) is 1.78. The summed E-state index contributed by atoms with van der Waals surface area (Å²) in [5, 5.41) is 8.95. The first-order valence-electron chi connectivity index (χ1n) is 8.46. The number of ether oxygens (including phenoxy) is 1. The minimum atomic E-state index is 0.312. The van der Waals surface area contributed by atoms with Crippen molar-refractivity contribution >= 4 is 22.3 Å².